The van der Waals surface area contributed by atoms with E-state index in [0.717, 1.165) is 54.7 Å². The van der Waals surface area contributed by atoms with E-state index in [9.17, 15) is 4.79 Å². The van der Waals surface area contributed by atoms with Crippen LogP contribution in [0.4, 0.5) is 10.5 Å². The molecule has 0 saturated carbocycles. The zero-order valence-corrected chi connectivity index (χ0v) is 21.2. The van der Waals surface area contributed by atoms with Crippen LogP contribution in [0.1, 0.15) is 30.3 Å². The van der Waals surface area contributed by atoms with Gasteiger partial charge < -0.3 is 13.9 Å². The Hall–Kier alpha value is -4.17. The fraction of sp³-hybridized carbons (Fsp3) is 0.300. The molecule has 4 atom stereocenters. The maximum absolute atomic E-state index is 12.5. The monoisotopic (exact) mass is 510 g/mol. The number of carbonyl (C=O) groups excluding carboxylic acids is 1. The van der Waals surface area contributed by atoms with E-state index in [1.54, 1.807) is 18.4 Å². The highest BCUT2D eigenvalue weighted by Crippen LogP contribution is 2.42. The number of fused-ring (bicyclic) bond motifs is 3. The highest BCUT2D eigenvalue weighted by atomic mass is 16.5. The molecule has 1 amide bonds. The van der Waals surface area contributed by atoms with Crippen LogP contribution in [0.2, 0.25) is 0 Å². The van der Waals surface area contributed by atoms with Crippen molar-refractivity contribution in [1.29, 1.82) is 0 Å². The molecule has 7 rings (SSSR count). The molecule has 0 radical (unpaired) electrons. The van der Waals surface area contributed by atoms with Gasteiger partial charge in [-0.1, -0.05) is 18.2 Å². The second-order valence-corrected chi connectivity index (χ2v) is 9.91. The van der Waals surface area contributed by atoms with E-state index in [0.29, 0.717) is 29.9 Å². The number of nitrogens with one attached hydrogen (secondary N) is 1. The van der Waals surface area contributed by atoms with E-state index < -0.39 is 6.09 Å². The van der Waals surface area contributed by atoms with Gasteiger partial charge in [0.05, 0.1) is 6.26 Å². The zero-order valence-electron chi connectivity index (χ0n) is 21.2. The molecule has 2 aromatic carbocycles. The number of benzene rings is 2. The Kier molecular flexibility index (Phi) is 6.79. The van der Waals surface area contributed by atoms with E-state index >= 15 is 0 Å². The first kappa shape index (κ1) is 24.2. The van der Waals surface area contributed by atoms with Crippen LogP contribution in [-0.4, -0.2) is 46.7 Å². The van der Waals surface area contributed by atoms with Crippen molar-refractivity contribution < 1.29 is 18.7 Å². The van der Waals surface area contributed by atoms with Gasteiger partial charge in [0.15, 0.2) is 5.76 Å². The molecule has 4 aromatic rings. The zero-order chi connectivity index (χ0) is 25.9. The van der Waals surface area contributed by atoms with Gasteiger partial charge in [-0.15, -0.1) is 0 Å². The van der Waals surface area contributed by atoms with Crippen molar-refractivity contribution in [2.24, 2.45) is 5.92 Å². The molecular formula is C30H30N4O4. The molecule has 8 nitrogen and oxygen atoms in total. The Labute approximate surface area is 221 Å². The fourth-order valence-corrected chi connectivity index (χ4v) is 5.53. The van der Waals surface area contributed by atoms with Crippen LogP contribution < -0.4 is 10.1 Å². The number of carbonyl (C=O) groups is 1. The van der Waals surface area contributed by atoms with Crippen LogP contribution in [-0.2, 0) is 4.74 Å². The first-order valence-electron chi connectivity index (χ1n) is 13.0. The van der Waals surface area contributed by atoms with Crippen LogP contribution in [0.15, 0.2) is 83.5 Å². The summed E-state index contributed by atoms with van der Waals surface area (Å²) in [4.78, 5) is 24.3. The fourth-order valence-electron chi connectivity index (χ4n) is 5.53. The molecular weight excluding hydrogens is 480 g/mol. The van der Waals surface area contributed by atoms with E-state index in [2.05, 4.69) is 21.3 Å². The Morgan fingerprint density at radius 3 is 2.61 bits per heavy atom. The summed E-state index contributed by atoms with van der Waals surface area (Å²) in [6.45, 7) is 4.20. The number of nitrogens with zero attached hydrogens (tertiary/aromatic N) is 3. The average molecular weight is 511 g/mol. The van der Waals surface area contributed by atoms with Crippen molar-refractivity contribution in [3.63, 3.8) is 0 Å². The molecule has 0 spiro atoms. The number of hydrogen-bond donors (Lipinski definition) is 1. The second kappa shape index (κ2) is 10.7. The van der Waals surface area contributed by atoms with Gasteiger partial charge in [0.2, 0.25) is 0 Å². The summed E-state index contributed by atoms with van der Waals surface area (Å²) < 4.78 is 17.0. The molecule has 194 valence electrons. The van der Waals surface area contributed by atoms with Crippen molar-refractivity contribution in [3.8, 4) is 23.0 Å². The molecule has 5 heterocycles. The topological polar surface area (TPSA) is 89.7 Å². The normalized spacial score (nSPS) is 22.1. The lowest BCUT2D eigenvalue weighted by Crippen LogP contribution is -2.54. The van der Waals surface area contributed by atoms with Gasteiger partial charge in [-0.25, -0.2) is 14.8 Å². The van der Waals surface area contributed by atoms with Crippen molar-refractivity contribution in [2.75, 3.05) is 25.0 Å². The minimum atomic E-state index is -0.449. The molecule has 2 bridgehead atoms. The van der Waals surface area contributed by atoms with Gasteiger partial charge in [0.25, 0.3) is 0 Å². The van der Waals surface area contributed by atoms with Crippen molar-refractivity contribution >= 4 is 11.8 Å². The highest BCUT2D eigenvalue weighted by molar-refractivity contribution is 5.84. The SMILES string of the molecule is Cc1nc(-c2ccco2)cc(C2CN3CCC2CC3COC(=O)Nc2ccc(Oc3ccccc3)cc2)n1. The summed E-state index contributed by atoms with van der Waals surface area (Å²) in [5, 5.41) is 2.82. The number of hydrogen-bond acceptors (Lipinski definition) is 7. The number of piperidine rings is 3. The first-order valence-corrected chi connectivity index (χ1v) is 13.0. The third-order valence-electron chi connectivity index (χ3n) is 7.38. The highest BCUT2D eigenvalue weighted by Gasteiger charge is 2.42. The van der Waals surface area contributed by atoms with Gasteiger partial charge in [0, 0.05) is 29.9 Å². The Bertz CT molecular complexity index is 1380. The Morgan fingerprint density at radius 1 is 1.05 bits per heavy atom. The number of para-hydroxylation sites is 1. The number of anilines is 1. The summed E-state index contributed by atoms with van der Waals surface area (Å²) in [5.41, 5.74) is 2.55. The summed E-state index contributed by atoms with van der Waals surface area (Å²) >= 11 is 0. The third-order valence-corrected chi connectivity index (χ3v) is 7.38. The molecule has 38 heavy (non-hydrogen) atoms. The molecule has 3 fully saturated rings. The first-order chi connectivity index (χ1) is 18.6. The number of amides is 1. The minimum absolute atomic E-state index is 0.213. The minimum Gasteiger partial charge on any atom is -0.463 e. The number of aromatic nitrogens is 2. The largest absolute Gasteiger partial charge is 0.463 e. The summed E-state index contributed by atoms with van der Waals surface area (Å²) in [5.74, 6) is 3.80. The predicted molar refractivity (Wildman–Crippen MR) is 143 cm³/mol. The average Bonchev–Trinajstić information content (AvgIpc) is 3.49. The van der Waals surface area contributed by atoms with Gasteiger partial charge in [-0.05, 0) is 86.8 Å². The van der Waals surface area contributed by atoms with Crippen LogP contribution in [0.5, 0.6) is 11.5 Å². The lowest BCUT2D eigenvalue weighted by atomic mass is 9.74. The van der Waals surface area contributed by atoms with E-state index in [1.165, 1.54) is 0 Å². The van der Waals surface area contributed by atoms with Crippen molar-refractivity contribution in [1.82, 2.24) is 14.9 Å². The summed E-state index contributed by atoms with van der Waals surface area (Å²) in [6, 6.07) is 22.9. The molecule has 3 saturated heterocycles. The number of furan rings is 1. The van der Waals surface area contributed by atoms with Crippen LogP contribution in [0.3, 0.4) is 0 Å². The molecule has 4 unspecified atom stereocenters. The van der Waals surface area contributed by atoms with Gasteiger partial charge in [0.1, 0.15) is 29.6 Å². The molecule has 1 N–H and O–H groups in total. The van der Waals surface area contributed by atoms with Gasteiger partial charge in [-0.3, -0.25) is 10.2 Å². The van der Waals surface area contributed by atoms with Crippen molar-refractivity contribution in [2.45, 2.75) is 31.7 Å². The van der Waals surface area contributed by atoms with Crippen LogP contribution in [0.25, 0.3) is 11.5 Å². The van der Waals surface area contributed by atoms with Crippen molar-refractivity contribution in [3.05, 3.63) is 90.6 Å². The molecule has 8 heteroatoms. The van der Waals surface area contributed by atoms with Crippen LogP contribution >= 0.6 is 0 Å². The summed E-state index contributed by atoms with van der Waals surface area (Å²) in [7, 11) is 0. The smallest absolute Gasteiger partial charge is 0.411 e. The maximum atomic E-state index is 12.5. The number of rotatable bonds is 7. The molecule has 3 aliphatic rings. The lowest BCUT2D eigenvalue weighted by Gasteiger charge is -2.49. The maximum Gasteiger partial charge on any atom is 0.411 e. The predicted octanol–water partition coefficient (Wildman–Crippen LogP) is 6.26. The Morgan fingerprint density at radius 2 is 1.87 bits per heavy atom. The lowest BCUT2D eigenvalue weighted by molar-refractivity contribution is -0.00151. The van der Waals surface area contributed by atoms with Gasteiger partial charge in [-0.2, -0.15) is 0 Å². The second-order valence-electron chi connectivity index (χ2n) is 9.91. The number of ether oxygens (including phenoxy) is 2. The third kappa shape index (κ3) is 5.40. The number of aryl methyl sites for hydroxylation is 1. The molecule has 0 aliphatic carbocycles. The van der Waals surface area contributed by atoms with E-state index in [1.807, 2.05) is 61.5 Å². The van der Waals surface area contributed by atoms with E-state index in [4.69, 9.17) is 18.9 Å². The summed E-state index contributed by atoms with van der Waals surface area (Å²) in [6.07, 6.45) is 3.30. The molecule has 3 aliphatic heterocycles. The quantitative estimate of drug-likeness (QED) is 0.314. The van der Waals surface area contributed by atoms with E-state index in [-0.39, 0.29) is 6.04 Å². The van der Waals surface area contributed by atoms with Crippen LogP contribution in [0, 0.1) is 12.8 Å². The standard InChI is InChI=1S/C30H30N4O4/c1-20-31-27(17-28(32-20)29-8-5-15-36-29)26-18-34-14-13-21(26)16-23(34)19-37-30(35)33-22-9-11-25(12-10-22)38-24-6-3-2-4-7-24/h2-12,15,17,21,23,26H,13-14,16,18-19H2,1H3,(H,33,35). The van der Waals surface area contributed by atoms with Gasteiger partial charge >= 0.3 is 6.09 Å². The Balaban J connectivity index is 1.02. The molecule has 2 aromatic heterocycles.